The molecule has 1 aliphatic rings. The highest BCUT2D eigenvalue weighted by molar-refractivity contribution is 6.07. The molecule has 1 heterocycles. The third kappa shape index (κ3) is 5.59. The van der Waals surface area contributed by atoms with E-state index in [0.717, 1.165) is 18.9 Å². The van der Waals surface area contributed by atoms with Gasteiger partial charge in [0.1, 0.15) is 11.6 Å². The standard InChI is InChI=1S/C20H24F3N3O4/c1-13(20(21,22)23)19(24-3)26(14(2)28)16-8-9-25(10-16)18(29)12-30-17-6-4-15(11-27)5-7-17/h4-7,16,27H,1,8-12H2,2-3H3/b24-19+/t16-/m0/s1. The Balaban J connectivity index is 2.02. The Morgan fingerprint density at radius 2 is 1.97 bits per heavy atom. The molecule has 1 N–H and O–H groups in total. The maximum absolute atomic E-state index is 13.1. The molecule has 2 rings (SSSR count). The summed E-state index contributed by atoms with van der Waals surface area (Å²) in [4.78, 5) is 30.6. The average Bonchev–Trinajstić information content (AvgIpc) is 3.18. The van der Waals surface area contributed by atoms with E-state index in [0.29, 0.717) is 17.7 Å². The Bertz CT molecular complexity index is 822. The number of amidine groups is 1. The quantitative estimate of drug-likeness (QED) is 0.557. The van der Waals surface area contributed by atoms with Gasteiger partial charge in [0.2, 0.25) is 5.91 Å². The van der Waals surface area contributed by atoms with E-state index in [1.807, 2.05) is 0 Å². The van der Waals surface area contributed by atoms with Gasteiger partial charge in [-0.15, -0.1) is 0 Å². The Hall–Kier alpha value is -2.88. The SMILES string of the molecule is C=C(/C(=N\C)N(C(C)=O)[C@H]1CCN(C(=O)COc2ccc(CO)cc2)C1)C(F)(F)F. The molecule has 1 aromatic carbocycles. The summed E-state index contributed by atoms with van der Waals surface area (Å²) in [6.45, 7) is 4.16. The number of benzene rings is 1. The molecule has 1 aromatic rings. The molecule has 7 nitrogen and oxygen atoms in total. The molecule has 0 aromatic heterocycles. The maximum atomic E-state index is 13.1. The fraction of sp³-hybridized carbons (Fsp3) is 0.450. The van der Waals surface area contributed by atoms with Crippen LogP contribution in [0.1, 0.15) is 18.9 Å². The first-order valence-corrected chi connectivity index (χ1v) is 9.22. The molecule has 30 heavy (non-hydrogen) atoms. The van der Waals surface area contributed by atoms with Crippen molar-refractivity contribution in [3.8, 4) is 5.75 Å². The largest absolute Gasteiger partial charge is 0.484 e. The van der Waals surface area contributed by atoms with Gasteiger partial charge in [-0.3, -0.25) is 19.5 Å². The summed E-state index contributed by atoms with van der Waals surface area (Å²) in [6.07, 6.45) is -4.42. The second-order valence-electron chi connectivity index (χ2n) is 6.79. The number of hydrogen-bond acceptors (Lipinski definition) is 5. The van der Waals surface area contributed by atoms with E-state index >= 15 is 0 Å². The molecule has 1 saturated heterocycles. The molecule has 164 valence electrons. The maximum Gasteiger partial charge on any atom is 0.419 e. The van der Waals surface area contributed by atoms with Gasteiger partial charge in [0.25, 0.3) is 5.91 Å². The summed E-state index contributed by atoms with van der Waals surface area (Å²) in [6, 6.07) is 5.92. The number of aliphatic hydroxyl groups is 1. The topological polar surface area (TPSA) is 82.4 Å². The van der Waals surface area contributed by atoms with E-state index in [1.165, 1.54) is 4.90 Å². The van der Waals surface area contributed by atoms with Crippen LogP contribution in [0.4, 0.5) is 13.2 Å². The van der Waals surface area contributed by atoms with Crippen molar-refractivity contribution in [2.45, 2.75) is 32.2 Å². The van der Waals surface area contributed by atoms with Gasteiger partial charge in [0.15, 0.2) is 6.61 Å². The molecule has 10 heteroatoms. The number of hydrogen-bond donors (Lipinski definition) is 1. The number of alkyl halides is 3. The zero-order valence-corrected chi connectivity index (χ0v) is 16.8. The van der Waals surface area contributed by atoms with Crippen molar-refractivity contribution >= 4 is 17.6 Å². The molecule has 0 unspecified atom stereocenters. The van der Waals surface area contributed by atoms with Crippen molar-refractivity contribution in [3.05, 3.63) is 42.0 Å². The van der Waals surface area contributed by atoms with Gasteiger partial charge in [-0.05, 0) is 24.1 Å². The Labute approximate surface area is 172 Å². The van der Waals surface area contributed by atoms with Crippen LogP contribution >= 0.6 is 0 Å². The smallest absolute Gasteiger partial charge is 0.419 e. The predicted octanol–water partition coefficient (Wildman–Crippen LogP) is 2.15. The van der Waals surface area contributed by atoms with Crippen LogP contribution in [0, 0.1) is 0 Å². The van der Waals surface area contributed by atoms with Gasteiger partial charge in [-0.2, -0.15) is 13.2 Å². The molecule has 0 spiro atoms. The summed E-state index contributed by atoms with van der Waals surface area (Å²) in [5.74, 6) is -1.06. The second kappa shape index (κ2) is 9.75. The van der Waals surface area contributed by atoms with Crippen molar-refractivity contribution in [3.63, 3.8) is 0 Å². The van der Waals surface area contributed by atoms with Gasteiger partial charge in [0.05, 0.1) is 18.2 Å². The van der Waals surface area contributed by atoms with Crippen LogP contribution in [0.15, 0.2) is 41.4 Å². The third-order valence-corrected chi connectivity index (χ3v) is 4.74. The van der Waals surface area contributed by atoms with Crippen LogP contribution in [0.3, 0.4) is 0 Å². The zero-order chi connectivity index (χ0) is 22.5. The third-order valence-electron chi connectivity index (χ3n) is 4.74. The molecule has 1 aliphatic heterocycles. The van der Waals surface area contributed by atoms with E-state index in [4.69, 9.17) is 9.84 Å². The molecular weight excluding hydrogens is 403 g/mol. The lowest BCUT2D eigenvalue weighted by Crippen LogP contribution is -2.48. The fourth-order valence-corrected chi connectivity index (χ4v) is 3.20. The first-order valence-electron chi connectivity index (χ1n) is 9.22. The van der Waals surface area contributed by atoms with Crippen LogP contribution in [-0.4, -0.2) is 71.5 Å². The molecule has 0 radical (unpaired) electrons. The van der Waals surface area contributed by atoms with Crippen LogP contribution < -0.4 is 4.74 Å². The number of halogens is 3. The first-order chi connectivity index (χ1) is 14.1. The molecular formula is C20H24F3N3O4. The van der Waals surface area contributed by atoms with E-state index in [1.54, 1.807) is 24.3 Å². The van der Waals surface area contributed by atoms with Crippen molar-refractivity contribution in [1.29, 1.82) is 0 Å². The van der Waals surface area contributed by atoms with Crippen LogP contribution in [0.2, 0.25) is 0 Å². The van der Waals surface area contributed by atoms with Crippen LogP contribution in [-0.2, 0) is 16.2 Å². The van der Waals surface area contributed by atoms with E-state index in [2.05, 4.69) is 11.6 Å². The Morgan fingerprint density at radius 3 is 2.47 bits per heavy atom. The number of ether oxygens (including phenoxy) is 1. The number of likely N-dealkylation sites (tertiary alicyclic amines) is 1. The fourth-order valence-electron chi connectivity index (χ4n) is 3.20. The summed E-state index contributed by atoms with van der Waals surface area (Å²) in [5, 5.41) is 9.03. The highest BCUT2D eigenvalue weighted by atomic mass is 19.4. The number of amides is 2. The van der Waals surface area contributed by atoms with Crippen LogP contribution in [0.5, 0.6) is 5.75 Å². The summed E-state index contributed by atoms with van der Waals surface area (Å²) >= 11 is 0. The minimum atomic E-state index is -4.73. The van der Waals surface area contributed by atoms with E-state index < -0.39 is 29.5 Å². The number of nitrogens with zero attached hydrogens (tertiary/aromatic N) is 3. The molecule has 1 atom stereocenters. The lowest BCUT2D eigenvalue weighted by Gasteiger charge is -2.30. The Morgan fingerprint density at radius 1 is 1.33 bits per heavy atom. The van der Waals surface area contributed by atoms with Gasteiger partial charge >= 0.3 is 6.18 Å². The molecule has 0 bridgehead atoms. The van der Waals surface area contributed by atoms with Gasteiger partial charge < -0.3 is 14.7 Å². The lowest BCUT2D eigenvalue weighted by molar-refractivity contribution is -0.133. The number of carbonyl (C=O) groups excluding carboxylic acids is 2. The number of aliphatic imine (C=N–C) groups is 1. The van der Waals surface area contributed by atoms with Crippen molar-refractivity contribution in [2.75, 3.05) is 26.7 Å². The Kier molecular flexibility index (Phi) is 7.60. The van der Waals surface area contributed by atoms with E-state index in [-0.39, 0.29) is 32.2 Å². The molecule has 0 saturated carbocycles. The van der Waals surface area contributed by atoms with Crippen LogP contribution in [0.25, 0.3) is 0 Å². The summed E-state index contributed by atoms with van der Waals surface area (Å²) in [7, 11) is 1.16. The summed E-state index contributed by atoms with van der Waals surface area (Å²) < 4.78 is 44.7. The lowest BCUT2D eigenvalue weighted by atomic mass is 10.1. The summed E-state index contributed by atoms with van der Waals surface area (Å²) in [5.41, 5.74) is -0.506. The van der Waals surface area contributed by atoms with E-state index in [9.17, 15) is 22.8 Å². The minimum Gasteiger partial charge on any atom is -0.484 e. The highest BCUT2D eigenvalue weighted by Gasteiger charge is 2.41. The number of rotatable bonds is 6. The monoisotopic (exact) mass is 427 g/mol. The number of aliphatic hydroxyl groups excluding tert-OH is 1. The molecule has 2 amide bonds. The van der Waals surface area contributed by atoms with Gasteiger partial charge in [-0.25, -0.2) is 0 Å². The minimum absolute atomic E-state index is 0.0649. The highest BCUT2D eigenvalue weighted by Crippen LogP contribution is 2.28. The van der Waals surface area contributed by atoms with Crippen molar-refractivity contribution < 1.29 is 32.6 Å². The number of carbonyl (C=O) groups is 2. The average molecular weight is 427 g/mol. The molecule has 1 fully saturated rings. The van der Waals surface area contributed by atoms with Gasteiger partial charge in [-0.1, -0.05) is 18.7 Å². The zero-order valence-electron chi connectivity index (χ0n) is 16.8. The van der Waals surface area contributed by atoms with Crippen molar-refractivity contribution in [1.82, 2.24) is 9.80 Å². The van der Waals surface area contributed by atoms with Gasteiger partial charge in [0, 0.05) is 27.1 Å². The first kappa shape index (κ1) is 23.4. The molecule has 0 aliphatic carbocycles. The second-order valence-corrected chi connectivity index (χ2v) is 6.79. The normalized spacial score (nSPS) is 17.1. The van der Waals surface area contributed by atoms with Crippen molar-refractivity contribution in [2.24, 2.45) is 4.99 Å². The predicted molar refractivity (Wildman–Crippen MR) is 104 cm³/mol.